The zero-order valence-corrected chi connectivity index (χ0v) is 15.3. The number of aryl methyl sites for hydroxylation is 1. The topological polar surface area (TPSA) is 58.4 Å². The fraction of sp³-hybridized carbons (Fsp3) is 0.368. The lowest BCUT2D eigenvalue weighted by Crippen LogP contribution is -2.38. The van der Waals surface area contributed by atoms with Gasteiger partial charge in [-0.2, -0.15) is 0 Å². The maximum absolute atomic E-state index is 11.6. The molecule has 6 heteroatoms. The fourth-order valence-electron chi connectivity index (χ4n) is 2.50. The van der Waals surface area contributed by atoms with Crippen LogP contribution in [-0.4, -0.2) is 30.7 Å². The molecule has 1 heterocycles. The van der Waals surface area contributed by atoms with Gasteiger partial charge in [0.25, 0.3) is 0 Å². The number of unbranched alkanes of at least 4 members (excludes halogenated alkanes) is 1. The minimum absolute atomic E-state index is 0.0486. The van der Waals surface area contributed by atoms with E-state index in [1.165, 1.54) is 0 Å². The molecule has 0 radical (unpaired) electrons. The first-order valence-electron chi connectivity index (χ1n) is 8.54. The number of halogens is 1. The maximum atomic E-state index is 11.6. The predicted octanol–water partition coefficient (Wildman–Crippen LogP) is 2.69. The molecule has 0 aliphatic heterocycles. The molecule has 0 atom stereocenters. The van der Waals surface area contributed by atoms with Crippen LogP contribution >= 0.6 is 11.6 Å². The summed E-state index contributed by atoms with van der Waals surface area (Å²) in [5.74, 6) is 0.781. The number of guanidine groups is 1. The van der Waals surface area contributed by atoms with E-state index in [2.05, 4.69) is 15.6 Å². The molecule has 0 spiro atoms. The number of nitrogens with one attached hydrogen (secondary N) is 2. The summed E-state index contributed by atoms with van der Waals surface area (Å²) >= 11 is 6.16. The van der Waals surface area contributed by atoms with Crippen molar-refractivity contribution in [3.8, 4) is 0 Å². The number of hydrogen-bond acceptors (Lipinski definition) is 2. The molecular formula is C19H25ClN4O. The quantitative estimate of drug-likeness (QED) is 0.432. The molecular weight excluding hydrogens is 336 g/mol. The predicted molar refractivity (Wildman–Crippen MR) is 104 cm³/mol. The van der Waals surface area contributed by atoms with Crippen LogP contribution in [0.4, 0.5) is 0 Å². The molecule has 5 nitrogen and oxygen atoms in total. The van der Waals surface area contributed by atoms with Crippen LogP contribution in [0.5, 0.6) is 0 Å². The standard InChI is InChI=1S/C19H25ClN4O/c1-21-19(23-13-11-16-8-2-3-9-17(16)20)22-12-5-7-15-24-14-6-4-10-18(24)25/h2-4,6,8-10,14H,5,7,11-13,15H2,1H3,(H2,21,22,23). The minimum Gasteiger partial charge on any atom is -0.356 e. The van der Waals surface area contributed by atoms with Gasteiger partial charge in [-0.3, -0.25) is 9.79 Å². The molecule has 0 saturated heterocycles. The van der Waals surface area contributed by atoms with Gasteiger partial charge in [0, 0.05) is 44.0 Å². The van der Waals surface area contributed by atoms with Crippen LogP contribution in [-0.2, 0) is 13.0 Å². The third-order valence-electron chi connectivity index (χ3n) is 3.89. The molecule has 0 unspecified atom stereocenters. The SMILES string of the molecule is CN=C(NCCCCn1ccccc1=O)NCCc1ccccc1Cl. The van der Waals surface area contributed by atoms with Crippen LogP contribution in [0.2, 0.25) is 5.02 Å². The Hall–Kier alpha value is -2.27. The Balaban J connectivity index is 1.63. The first-order valence-corrected chi connectivity index (χ1v) is 8.92. The molecule has 2 aromatic rings. The van der Waals surface area contributed by atoms with Crippen molar-refractivity contribution < 1.29 is 0 Å². The van der Waals surface area contributed by atoms with Gasteiger partial charge in [0.1, 0.15) is 0 Å². The molecule has 0 amide bonds. The largest absolute Gasteiger partial charge is 0.356 e. The first kappa shape index (κ1) is 19.1. The molecule has 2 N–H and O–H groups in total. The van der Waals surface area contributed by atoms with Crippen molar-refractivity contribution in [3.05, 3.63) is 69.6 Å². The minimum atomic E-state index is 0.0486. The summed E-state index contributed by atoms with van der Waals surface area (Å²) in [5.41, 5.74) is 1.17. The number of aromatic nitrogens is 1. The van der Waals surface area contributed by atoms with E-state index in [1.807, 2.05) is 36.5 Å². The number of rotatable bonds is 8. The van der Waals surface area contributed by atoms with E-state index in [1.54, 1.807) is 23.7 Å². The molecule has 1 aromatic heterocycles. The average Bonchev–Trinajstić information content (AvgIpc) is 2.63. The summed E-state index contributed by atoms with van der Waals surface area (Å²) in [6.07, 6.45) is 4.57. The van der Waals surface area contributed by atoms with E-state index in [4.69, 9.17) is 11.6 Å². The second-order valence-electron chi connectivity index (χ2n) is 5.71. The monoisotopic (exact) mass is 360 g/mol. The number of hydrogen-bond donors (Lipinski definition) is 2. The summed E-state index contributed by atoms with van der Waals surface area (Å²) in [6, 6.07) is 13.1. The smallest absolute Gasteiger partial charge is 0.250 e. The number of benzene rings is 1. The van der Waals surface area contributed by atoms with Crippen molar-refractivity contribution in [2.45, 2.75) is 25.8 Å². The third-order valence-corrected chi connectivity index (χ3v) is 4.25. The van der Waals surface area contributed by atoms with Crippen molar-refractivity contribution in [2.75, 3.05) is 20.1 Å². The average molecular weight is 361 g/mol. The summed E-state index contributed by atoms with van der Waals surface area (Å²) in [5, 5.41) is 7.37. The van der Waals surface area contributed by atoms with Crippen LogP contribution < -0.4 is 16.2 Å². The van der Waals surface area contributed by atoms with E-state index >= 15 is 0 Å². The summed E-state index contributed by atoms with van der Waals surface area (Å²) < 4.78 is 1.73. The van der Waals surface area contributed by atoms with Crippen LogP contribution in [0.15, 0.2) is 58.4 Å². The van der Waals surface area contributed by atoms with Crippen molar-refractivity contribution in [1.29, 1.82) is 0 Å². The van der Waals surface area contributed by atoms with E-state index in [0.29, 0.717) is 0 Å². The molecule has 0 saturated carbocycles. The highest BCUT2D eigenvalue weighted by Gasteiger charge is 2.01. The summed E-state index contributed by atoms with van der Waals surface area (Å²) in [7, 11) is 1.76. The Morgan fingerprint density at radius 3 is 2.60 bits per heavy atom. The molecule has 25 heavy (non-hydrogen) atoms. The fourth-order valence-corrected chi connectivity index (χ4v) is 2.73. The zero-order valence-electron chi connectivity index (χ0n) is 14.5. The van der Waals surface area contributed by atoms with Crippen LogP contribution in [0.3, 0.4) is 0 Å². The Labute approximate surface area is 153 Å². The lowest BCUT2D eigenvalue weighted by Gasteiger charge is -2.12. The summed E-state index contributed by atoms with van der Waals surface area (Å²) in [6.45, 7) is 2.32. The molecule has 2 rings (SSSR count). The van der Waals surface area contributed by atoms with Crippen molar-refractivity contribution >= 4 is 17.6 Å². The van der Waals surface area contributed by atoms with Crippen LogP contribution in [0, 0.1) is 0 Å². The Morgan fingerprint density at radius 1 is 1.08 bits per heavy atom. The number of nitrogens with zero attached hydrogens (tertiary/aromatic N) is 2. The van der Waals surface area contributed by atoms with Crippen molar-refractivity contribution in [1.82, 2.24) is 15.2 Å². The Bertz CT molecular complexity index is 742. The first-order chi connectivity index (χ1) is 12.2. The maximum Gasteiger partial charge on any atom is 0.250 e. The van der Waals surface area contributed by atoms with Crippen molar-refractivity contribution in [3.63, 3.8) is 0 Å². The van der Waals surface area contributed by atoms with Gasteiger partial charge in [0.15, 0.2) is 5.96 Å². The van der Waals surface area contributed by atoms with Gasteiger partial charge in [0.2, 0.25) is 5.56 Å². The second kappa shape index (κ2) is 10.6. The highest BCUT2D eigenvalue weighted by molar-refractivity contribution is 6.31. The molecule has 0 fully saturated rings. The van der Waals surface area contributed by atoms with E-state index < -0.39 is 0 Å². The van der Waals surface area contributed by atoms with Crippen molar-refractivity contribution in [2.24, 2.45) is 4.99 Å². The number of aliphatic imine (C=N–C) groups is 1. The van der Waals surface area contributed by atoms with E-state index in [0.717, 1.165) is 55.4 Å². The number of pyridine rings is 1. The normalized spacial score (nSPS) is 11.4. The van der Waals surface area contributed by atoms with Crippen LogP contribution in [0.25, 0.3) is 0 Å². The molecule has 0 bridgehead atoms. The lowest BCUT2D eigenvalue weighted by atomic mass is 10.1. The van der Waals surface area contributed by atoms with Crippen LogP contribution in [0.1, 0.15) is 18.4 Å². The van der Waals surface area contributed by atoms with Gasteiger partial charge in [-0.1, -0.05) is 35.9 Å². The molecule has 134 valence electrons. The van der Waals surface area contributed by atoms with Gasteiger partial charge in [-0.15, -0.1) is 0 Å². The van der Waals surface area contributed by atoms with Gasteiger partial charge in [-0.25, -0.2) is 0 Å². The molecule has 0 aliphatic carbocycles. The molecule has 0 aliphatic rings. The van der Waals surface area contributed by atoms with E-state index in [-0.39, 0.29) is 5.56 Å². The zero-order chi connectivity index (χ0) is 17.9. The lowest BCUT2D eigenvalue weighted by molar-refractivity contribution is 0.585. The third kappa shape index (κ3) is 6.63. The second-order valence-corrected chi connectivity index (χ2v) is 6.11. The van der Waals surface area contributed by atoms with Gasteiger partial charge >= 0.3 is 0 Å². The summed E-state index contributed by atoms with van der Waals surface area (Å²) in [4.78, 5) is 15.8. The highest BCUT2D eigenvalue weighted by atomic mass is 35.5. The molecule has 1 aromatic carbocycles. The van der Waals surface area contributed by atoms with Gasteiger partial charge in [0.05, 0.1) is 0 Å². The Morgan fingerprint density at radius 2 is 1.84 bits per heavy atom. The van der Waals surface area contributed by atoms with E-state index in [9.17, 15) is 4.79 Å². The highest BCUT2D eigenvalue weighted by Crippen LogP contribution is 2.14. The van der Waals surface area contributed by atoms with Gasteiger partial charge < -0.3 is 15.2 Å². The Kier molecular flexibility index (Phi) is 8.05. The van der Waals surface area contributed by atoms with Gasteiger partial charge in [-0.05, 0) is 37.0 Å².